The summed E-state index contributed by atoms with van der Waals surface area (Å²) in [5.74, 6) is -4.32. The maximum atomic E-state index is 14.2. The Morgan fingerprint density at radius 3 is 2.71 bits per heavy atom. The molecule has 1 saturated heterocycles. The molecule has 0 spiro atoms. The number of alkyl halides is 2. The van der Waals surface area contributed by atoms with Crippen LogP contribution in [-0.4, -0.2) is 42.4 Å². The summed E-state index contributed by atoms with van der Waals surface area (Å²) in [6.45, 7) is 2.44. The number of aryl methyl sites for hydroxylation is 2. The van der Waals surface area contributed by atoms with Gasteiger partial charge in [-0.25, -0.2) is 4.79 Å². The Morgan fingerprint density at radius 2 is 1.97 bits per heavy atom. The number of rotatable bonds is 12. The number of amides is 1. The summed E-state index contributed by atoms with van der Waals surface area (Å²) in [5.41, 5.74) is 1.33. The number of nitrogens with zero attached hydrogens (tertiary/aromatic N) is 1. The molecule has 34 heavy (non-hydrogen) atoms. The van der Waals surface area contributed by atoms with Gasteiger partial charge in [0.05, 0.1) is 13.2 Å². The summed E-state index contributed by atoms with van der Waals surface area (Å²) in [6.07, 6.45) is 8.46. The highest BCUT2D eigenvalue weighted by atomic mass is 32.1. The Labute approximate surface area is 204 Å². The van der Waals surface area contributed by atoms with Crippen LogP contribution in [0.3, 0.4) is 0 Å². The largest absolute Gasteiger partial charge is 0.465 e. The monoisotopic (exact) mass is 489 g/mol. The average molecular weight is 490 g/mol. The fourth-order valence-electron chi connectivity index (χ4n) is 4.29. The first-order valence-corrected chi connectivity index (χ1v) is 12.7. The number of carbonyl (C=O) groups excluding carboxylic acids is 2. The lowest BCUT2D eigenvalue weighted by molar-refractivity contribution is -0.148. The molecule has 1 aromatic carbocycles. The van der Waals surface area contributed by atoms with E-state index in [-0.39, 0.29) is 12.5 Å². The zero-order chi connectivity index (χ0) is 24.6. The predicted molar refractivity (Wildman–Crippen MR) is 131 cm³/mol. The number of hydrogen-bond acceptors (Lipinski definition) is 4. The van der Waals surface area contributed by atoms with E-state index in [1.807, 2.05) is 30.3 Å². The van der Waals surface area contributed by atoms with E-state index in [1.165, 1.54) is 28.9 Å². The molecule has 2 unspecified atom stereocenters. The number of ether oxygens (including phenoxy) is 1. The van der Waals surface area contributed by atoms with Crippen LogP contribution in [0.2, 0.25) is 0 Å². The molecule has 0 aliphatic carbocycles. The van der Waals surface area contributed by atoms with Crippen molar-refractivity contribution in [3.63, 3.8) is 0 Å². The number of methoxy groups -OCH3 is 1. The minimum absolute atomic E-state index is 0.265. The van der Waals surface area contributed by atoms with E-state index in [1.54, 1.807) is 12.1 Å². The first-order chi connectivity index (χ1) is 16.3. The van der Waals surface area contributed by atoms with Crippen molar-refractivity contribution in [3.8, 4) is 0 Å². The highest BCUT2D eigenvalue weighted by Crippen LogP contribution is 2.34. The van der Waals surface area contributed by atoms with Crippen LogP contribution < -0.4 is 0 Å². The van der Waals surface area contributed by atoms with E-state index >= 15 is 0 Å². The average Bonchev–Trinajstić information content (AvgIpc) is 3.37. The molecule has 2 aromatic rings. The smallest absolute Gasteiger partial charge is 0.348 e. The minimum atomic E-state index is -3.31. The summed E-state index contributed by atoms with van der Waals surface area (Å²) in [7, 11) is 1.33. The topological polar surface area (TPSA) is 46.6 Å². The van der Waals surface area contributed by atoms with Gasteiger partial charge in [0.2, 0.25) is 0 Å². The van der Waals surface area contributed by atoms with E-state index < -0.39 is 24.3 Å². The van der Waals surface area contributed by atoms with E-state index in [0.717, 1.165) is 30.6 Å². The van der Waals surface area contributed by atoms with Crippen LogP contribution in [0.15, 0.2) is 54.6 Å². The van der Waals surface area contributed by atoms with Gasteiger partial charge < -0.3 is 9.64 Å². The molecule has 0 N–H and O–H groups in total. The van der Waals surface area contributed by atoms with Crippen LogP contribution in [0.5, 0.6) is 0 Å². The summed E-state index contributed by atoms with van der Waals surface area (Å²) in [6, 6.07) is 13.3. The zero-order valence-electron chi connectivity index (χ0n) is 19.8. The Hall–Kier alpha value is -2.54. The van der Waals surface area contributed by atoms with Crippen molar-refractivity contribution < 1.29 is 23.1 Å². The number of thiophene rings is 1. The minimum Gasteiger partial charge on any atom is -0.465 e. The van der Waals surface area contributed by atoms with Crippen LogP contribution in [0, 0.1) is 5.92 Å². The van der Waals surface area contributed by atoms with Crippen LogP contribution >= 0.6 is 11.3 Å². The van der Waals surface area contributed by atoms with Gasteiger partial charge in [0.1, 0.15) is 4.88 Å². The number of halogens is 2. The van der Waals surface area contributed by atoms with Gasteiger partial charge in [0.25, 0.3) is 5.91 Å². The van der Waals surface area contributed by atoms with Crippen molar-refractivity contribution in [2.24, 2.45) is 5.92 Å². The fourth-order valence-corrected chi connectivity index (χ4v) is 5.26. The number of hydrogen-bond donors (Lipinski definition) is 0. The maximum absolute atomic E-state index is 14.2. The molecule has 2 heterocycles. The van der Waals surface area contributed by atoms with Gasteiger partial charge in [-0.3, -0.25) is 4.79 Å². The highest BCUT2D eigenvalue weighted by Gasteiger charge is 2.52. The molecule has 1 aliphatic heterocycles. The van der Waals surface area contributed by atoms with Crippen molar-refractivity contribution in [3.05, 3.63) is 69.9 Å². The van der Waals surface area contributed by atoms with Crippen LogP contribution in [-0.2, 0) is 22.4 Å². The molecule has 0 bridgehead atoms. The summed E-state index contributed by atoms with van der Waals surface area (Å²) in [5, 5.41) is 0. The third-order valence-corrected chi connectivity index (χ3v) is 7.34. The predicted octanol–water partition coefficient (Wildman–Crippen LogP) is 6.31. The third-order valence-electron chi connectivity index (χ3n) is 6.21. The molecule has 4 nitrogen and oxygen atoms in total. The summed E-state index contributed by atoms with van der Waals surface area (Å²) < 4.78 is 33.0. The molecule has 1 aliphatic rings. The van der Waals surface area contributed by atoms with Gasteiger partial charge in [0.15, 0.2) is 0 Å². The maximum Gasteiger partial charge on any atom is 0.348 e. The molecule has 2 atom stereocenters. The van der Waals surface area contributed by atoms with Gasteiger partial charge in [-0.15, -0.1) is 11.3 Å². The van der Waals surface area contributed by atoms with Crippen LogP contribution in [0.25, 0.3) is 0 Å². The van der Waals surface area contributed by atoms with E-state index in [0.29, 0.717) is 23.6 Å². The number of benzene rings is 1. The molecule has 3 rings (SSSR count). The molecule has 0 saturated carbocycles. The van der Waals surface area contributed by atoms with E-state index in [9.17, 15) is 18.4 Å². The molecule has 184 valence electrons. The van der Waals surface area contributed by atoms with E-state index in [4.69, 9.17) is 4.74 Å². The van der Waals surface area contributed by atoms with Crippen molar-refractivity contribution in [1.29, 1.82) is 0 Å². The van der Waals surface area contributed by atoms with E-state index in [2.05, 4.69) is 19.1 Å². The van der Waals surface area contributed by atoms with Crippen LogP contribution in [0.1, 0.15) is 59.1 Å². The van der Waals surface area contributed by atoms with Gasteiger partial charge in [0, 0.05) is 17.8 Å². The number of likely N-dealkylation sites (tertiary alicyclic amines) is 1. The summed E-state index contributed by atoms with van der Waals surface area (Å²) in [4.78, 5) is 26.6. The number of allylic oxidation sites excluding steroid dienone is 1. The number of carbonyl (C=O) groups is 2. The van der Waals surface area contributed by atoms with Crippen molar-refractivity contribution >= 4 is 23.2 Å². The SMILES string of the molecule is COC(=O)c1ccc(CCCN2C(=O)C(F)(F)CC2/C=C/CC(C)CCCc2ccccc2)s1. The summed E-state index contributed by atoms with van der Waals surface area (Å²) >= 11 is 1.33. The van der Waals surface area contributed by atoms with Gasteiger partial charge in [-0.2, -0.15) is 8.78 Å². The molecule has 7 heteroatoms. The standard InChI is InChI=1S/C27H33F2NO3S/c1-20(9-6-13-21-11-4-3-5-12-21)10-7-14-22-19-27(28,29)26(32)30(22)18-8-15-23-16-17-24(34-23)25(31)33-2/h3-5,7,11-12,14,16-17,20,22H,6,8-10,13,15,18-19H2,1-2H3/b14-7+. The lowest BCUT2D eigenvalue weighted by atomic mass is 9.98. The third kappa shape index (κ3) is 7.23. The van der Waals surface area contributed by atoms with Crippen LogP contribution in [0.4, 0.5) is 8.78 Å². The molecular formula is C27H33F2NO3S. The normalized spacial score (nSPS) is 18.5. The number of esters is 1. The van der Waals surface area contributed by atoms with Gasteiger partial charge in [-0.05, 0) is 55.7 Å². The quantitative estimate of drug-likeness (QED) is 0.259. The molecule has 0 radical (unpaired) electrons. The second-order valence-electron chi connectivity index (χ2n) is 8.98. The van der Waals surface area contributed by atoms with Crippen molar-refractivity contribution in [1.82, 2.24) is 4.90 Å². The first kappa shape index (κ1) is 26.1. The fraction of sp³-hybridized carbons (Fsp3) is 0.481. The Kier molecular flexibility index (Phi) is 9.39. The molecule has 1 aromatic heterocycles. The Bertz CT molecular complexity index is 973. The lowest BCUT2D eigenvalue weighted by Crippen LogP contribution is -2.36. The Morgan fingerprint density at radius 1 is 1.21 bits per heavy atom. The Balaban J connectivity index is 1.46. The first-order valence-electron chi connectivity index (χ1n) is 11.9. The van der Waals surface area contributed by atoms with Gasteiger partial charge >= 0.3 is 11.9 Å². The lowest BCUT2D eigenvalue weighted by Gasteiger charge is -2.21. The molecular weight excluding hydrogens is 456 g/mol. The zero-order valence-corrected chi connectivity index (χ0v) is 20.7. The van der Waals surface area contributed by atoms with Gasteiger partial charge in [-0.1, -0.05) is 55.8 Å². The highest BCUT2D eigenvalue weighted by molar-refractivity contribution is 7.13. The second kappa shape index (κ2) is 12.2. The molecule has 1 fully saturated rings. The second-order valence-corrected chi connectivity index (χ2v) is 10.2. The molecule has 1 amide bonds. The van der Waals surface area contributed by atoms with Crippen molar-refractivity contribution in [2.75, 3.05) is 13.7 Å². The van der Waals surface area contributed by atoms with Crippen molar-refractivity contribution in [2.45, 2.75) is 63.8 Å².